The van der Waals surface area contributed by atoms with Crippen molar-refractivity contribution in [2.45, 2.75) is 31.9 Å². The average molecular weight is 275 g/mol. The number of nitro groups is 1. The molecule has 1 atom stereocenters. The molecule has 0 radical (unpaired) electrons. The van der Waals surface area contributed by atoms with Gasteiger partial charge in [-0.05, 0) is 31.9 Å². The van der Waals surface area contributed by atoms with Crippen LogP contribution in [0.5, 0.6) is 5.75 Å². The monoisotopic (exact) mass is 275 g/mol. The number of carbonyl (C=O) groups excluding carboxylic acids is 1. The summed E-state index contributed by atoms with van der Waals surface area (Å²) in [5.41, 5.74) is -0.158. The van der Waals surface area contributed by atoms with Gasteiger partial charge in [0, 0.05) is 12.1 Å². The van der Waals surface area contributed by atoms with Crippen LogP contribution in [0.2, 0.25) is 0 Å². The quantitative estimate of drug-likeness (QED) is 0.647. The Kier molecular flexibility index (Phi) is 3.84. The number of nitrogens with one attached hydrogen (secondary N) is 1. The van der Waals surface area contributed by atoms with Crippen LogP contribution in [0.4, 0.5) is 5.69 Å². The Bertz CT molecular complexity index is 590. The third-order valence-corrected chi connectivity index (χ3v) is 2.88. The molecule has 1 aliphatic carbocycles. The molecule has 7 nitrogen and oxygen atoms in total. The van der Waals surface area contributed by atoms with Gasteiger partial charge in [0.1, 0.15) is 0 Å². The Balaban J connectivity index is 2.13. The van der Waals surface area contributed by atoms with Gasteiger partial charge in [-0.1, -0.05) is 0 Å². The smallest absolute Gasteiger partial charge is 0.312 e. The van der Waals surface area contributed by atoms with Crippen LogP contribution in [0, 0.1) is 21.4 Å². The van der Waals surface area contributed by atoms with Gasteiger partial charge in [-0.25, -0.2) is 0 Å². The largest absolute Gasteiger partial charge is 0.474 e. The van der Waals surface area contributed by atoms with Gasteiger partial charge < -0.3 is 10.1 Å². The molecule has 0 spiro atoms. The zero-order chi connectivity index (χ0) is 14.7. The van der Waals surface area contributed by atoms with E-state index in [4.69, 9.17) is 10.00 Å². The Morgan fingerprint density at radius 3 is 2.85 bits per heavy atom. The number of hydrogen-bond acceptors (Lipinski definition) is 5. The lowest BCUT2D eigenvalue weighted by molar-refractivity contribution is -0.386. The molecule has 104 valence electrons. The summed E-state index contributed by atoms with van der Waals surface area (Å²) in [6.07, 6.45) is 1.08. The predicted molar refractivity (Wildman–Crippen MR) is 69.1 cm³/mol. The summed E-state index contributed by atoms with van der Waals surface area (Å²) in [7, 11) is 0. The summed E-state index contributed by atoms with van der Waals surface area (Å²) >= 11 is 0. The summed E-state index contributed by atoms with van der Waals surface area (Å²) in [4.78, 5) is 22.1. The molecule has 7 heteroatoms. The van der Waals surface area contributed by atoms with Crippen molar-refractivity contribution in [3.63, 3.8) is 0 Å². The van der Waals surface area contributed by atoms with E-state index in [0.717, 1.165) is 18.9 Å². The second-order valence-electron chi connectivity index (χ2n) is 4.59. The number of benzene rings is 1. The van der Waals surface area contributed by atoms with E-state index in [1.807, 2.05) is 6.07 Å². The van der Waals surface area contributed by atoms with E-state index in [1.165, 1.54) is 19.1 Å². The molecule has 1 saturated carbocycles. The molecule has 1 aromatic carbocycles. The zero-order valence-electron chi connectivity index (χ0n) is 10.8. The molecule has 0 saturated heterocycles. The Morgan fingerprint density at radius 2 is 2.30 bits per heavy atom. The van der Waals surface area contributed by atoms with Gasteiger partial charge in [0.25, 0.3) is 5.91 Å². The standard InChI is InChI=1S/C13H13N3O4/c1-8(13(17)15-10-3-4-10)20-12-5-2-9(7-14)6-11(12)16(18)19/h2,5-6,8,10H,3-4H2,1H3,(H,15,17). The summed E-state index contributed by atoms with van der Waals surface area (Å²) in [6, 6.07) is 5.89. The number of ether oxygens (including phenoxy) is 1. The predicted octanol–water partition coefficient (Wildman–Crippen LogP) is 1.51. The number of nitrogens with zero attached hydrogens (tertiary/aromatic N) is 2. The van der Waals surface area contributed by atoms with E-state index in [1.54, 1.807) is 0 Å². The maximum Gasteiger partial charge on any atom is 0.312 e. The van der Waals surface area contributed by atoms with E-state index < -0.39 is 11.0 Å². The van der Waals surface area contributed by atoms with Crippen LogP contribution in [0.15, 0.2) is 18.2 Å². The van der Waals surface area contributed by atoms with Crippen LogP contribution in [0.1, 0.15) is 25.3 Å². The fourth-order valence-corrected chi connectivity index (χ4v) is 1.62. The second kappa shape index (κ2) is 5.57. The number of nitro benzene ring substituents is 1. The summed E-state index contributed by atoms with van der Waals surface area (Å²) < 4.78 is 5.33. The van der Waals surface area contributed by atoms with Gasteiger partial charge in [0.2, 0.25) is 0 Å². The summed E-state index contributed by atoms with van der Waals surface area (Å²) in [5, 5.41) is 22.4. The van der Waals surface area contributed by atoms with Crippen LogP contribution in [0.25, 0.3) is 0 Å². The van der Waals surface area contributed by atoms with Crippen molar-refractivity contribution < 1.29 is 14.5 Å². The van der Waals surface area contributed by atoms with Crippen molar-refractivity contribution in [2.24, 2.45) is 0 Å². The Labute approximate surface area is 115 Å². The SMILES string of the molecule is CC(Oc1ccc(C#N)cc1[N+](=O)[O-])C(=O)NC1CC1. The fourth-order valence-electron chi connectivity index (χ4n) is 1.62. The van der Waals surface area contributed by atoms with Gasteiger partial charge in [0.15, 0.2) is 11.9 Å². The van der Waals surface area contributed by atoms with E-state index >= 15 is 0 Å². The normalized spacial score (nSPS) is 15.0. The number of hydrogen-bond donors (Lipinski definition) is 1. The topological polar surface area (TPSA) is 105 Å². The van der Waals surface area contributed by atoms with Gasteiger partial charge in [0.05, 0.1) is 16.6 Å². The lowest BCUT2D eigenvalue weighted by atomic mass is 10.2. The molecule has 0 aromatic heterocycles. The number of rotatable bonds is 5. The minimum Gasteiger partial charge on any atom is -0.474 e. The van der Waals surface area contributed by atoms with Crippen molar-refractivity contribution in [3.8, 4) is 11.8 Å². The highest BCUT2D eigenvalue weighted by atomic mass is 16.6. The molecular formula is C13H13N3O4. The number of nitriles is 1. The lowest BCUT2D eigenvalue weighted by Crippen LogP contribution is -2.37. The van der Waals surface area contributed by atoms with Gasteiger partial charge in [-0.2, -0.15) is 5.26 Å². The lowest BCUT2D eigenvalue weighted by Gasteiger charge is -2.14. The highest BCUT2D eigenvalue weighted by Gasteiger charge is 2.27. The minimum absolute atomic E-state index is 0.0209. The van der Waals surface area contributed by atoms with Gasteiger partial charge >= 0.3 is 5.69 Å². The van der Waals surface area contributed by atoms with Gasteiger partial charge in [-0.3, -0.25) is 14.9 Å². The maximum absolute atomic E-state index is 11.7. The van der Waals surface area contributed by atoms with Crippen LogP contribution in [-0.2, 0) is 4.79 Å². The molecule has 1 N–H and O–H groups in total. The van der Waals surface area contributed by atoms with Crippen LogP contribution in [-0.4, -0.2) is 23.0 Å². The molecule has 1 aromatic rings. The molecule has 1 aliphatic rings. The Morgan fingerprint density at radius 1 is 1.60 bits per heavy atom. The molecule has 0 heterocycles. The van der Waals surface area contributed by atoms with Crippen molar-refractivity contribution in [1.82, 2.24) is 5.32 Å². The van der Waals surface area contributed by atoms with Gasteiger partial charge in [-0.15, -0.1) is 0 Å². The summed E-state index contributed by atoms with van der Waals surface area (Å²) in [6.45, 7) is 1.53. The molecule has 1 amide bonds. The highest BCUT2D eigenvalue weighted by molar-refractivity contribution is 5.81. The van der Waals surface area contributed by atoms with Crippen molar-refractivity contribution in [3.05, 3.63) is 33.9 Å². The maximum atomic E-state index is 11.7. The third-order valence-electron chi connectivity index (χ3n) is 2.88. The van der Waals surface area contributed by atoms with E-state index in [2.05, 4.69) is 5.32 Å². The minimum atomic E-state index is -0.831. The van der Waals surface area contributed by atoms with Crippen LogP contribution in [0.3, 0.4) is 0 Å². The van der Waals surface area contributed by atoms with E-state index in [9.17, 15) is 14.9 Å². The average Bonchev–Trinajstić information content (AvgIpc) is 3.22. The summed E-state index contributed by atoms with van der Waals surface area (Å²) in [5.74, 6) is -0.321. The molecule has 2 rings (SSSR count). The van der Waals surface area contributed by atoms with Crippen molar-refractivity contribution >= 4 is 11.6 Å². The number of amides is 1. The first-order valence-electron chi connectivity index (χ1n) is 6.17. The van der Waals surface area contributed by atoms with Crippen LogP contribution >= 0.6 is 0 Å². The van der Waals surface area contributed by atoms with Crippen molar-refractivity contribution in [2.75, 3.05) is 0 Å². The van der Waals surface area contributed by atoms with Crippen molar-refractivity contribution in [1.29, 1.82) is 5.26 Å². The highest BCUT2D eigenvalue weighted by Crippen LogP contribution is 2.29. The fraction of sp³-hybridized carbons (Fsp3) is 0.385. The first-order chi connectivity index (χ1) is 9.51. The molecule has 1 unspecified atom stereocenters. The molecule has 20 heavy (non-hydrogen) atoms. The van der Waals surface area contributed by atoms with E-state index in [0.29, 0.717) is 0 Å². The number of carbonyl (C=O) groups is 1. The molecule has 0 aliphatic heterocycles. The zero-order valence-corrected chi connectivity index (χ0v) is 10.8. The van der Waals surface area contributed by atoms with Crippen LogP contribution < -0.4 is 10.1 Å². The first-order valence-corrected chi connectivity index (χ1v) is 6.17. The molecule has 1 fully saturated rings. The molecular weight excluding hydrogens is 262 g/mol. The van der Waals surface area contributed by atoms with E-state index in [-0.39, 0.29) is 28.9 Å². The second-order valence-corrected chi connectivity index (χ2v) is 4.59. The third kappa shape index (κ3) is 3.23. The Hall–Kier alpha value is -2.62. The molecule has 0 bridgehead atoms. The first kappa shape index (κ1) is 13.8.